The Bertz CT molecular complexity index is 484. The van der Waals surface area contributed by atoms with E-state index in [1.165, 1.54) is 0 Å². The van der Waals surface area contributed by atoms with Crippen molar-refractivity contribution in [3.63, 3.8) is 0 Å². The predicted molar refractivity (Wildman–Crippen MR) is 53.6 cm³/mol. The lowest BCUT2D eigenvalue weighted by atomic mass is 10.4. The number of halogens is 5. The van der Waals surface area contributed by atoms with Gasteiger partial charge in [0.15, 0.2) is 0 Å². The summed E-state index contributed by atoms with van der Waals surface area (Å²) in [5.74, 6) is 0. The molecular weight excluding hydrogens is 336 g/mol. The summed E-state index contributed by atoms with van der Waals surface area (Å²) in [6.07, 6.45) is -4.47. The normalized spacial score (nSPS) is 13.1. The van der Waals surface area contributed by atoms with Crippen molar-refractivity contribution in [3.05, 3.63) is 10.8 Å². The van der Waals surface area contributed by atoms with E-state index in [-0.39, 0.29) is 9.50 Å². The highest BCUT2D eigenvalue weighted by Crippen LogP contribution is 2.25. The molecule has 0 aliphatic heterocycles. The summed E-state index contributed by atoms with van der Waals surface area (Å²) in [4.78, 5) is -0.351. The highest BCUT2D eigenvalue weighted by atomic mass is 79.9. The first-order valence-electron chi connectivity index (χ1n) is 3.84. The third-order valence-corrected chi connectivity index (χ3v) is 3.74. The van der Waals surface area contributed by atoms with Gasteiger partial charge in [-0.2, -0.15) is 18.3 Å². The van der Waals surface area contributed by atoms with Crippen molar-refractivity contribution in [2.24, 2.45) is 0 Å². The number of aromatic nitrogens is 2. The number of hydrogen-bond donors (Lipinski definition) is 0. The summed E-state index contributed by atoms with van der Waals surface area (Å²) < 4.78 is 58.3. The van der Waals surface area contributed by atoms with Crippen LogP contribution in [0.15, 0.2) is 15.7 Å². The van der Waals surface area contributed by atoms with Gasteiger partial charge in [-0.1, -0.05) is 0 Å². The number of alkyl halides is 3. The number of aryl methyl sites for hydroxylation is 1. The van der Waals surface area contributed by atoms with Crippen LogP contribution in [0.3, 0.4) is 0 Å². The minimum Gasteiger partial charge on any atom is -0.270 e. The molecule has 1 aromatic rings. The monoisotopic (exact) mass is 340 g/mol. The Morgan fingerprint density at radius 2 is 2.06 bits per heavy atom. The Kier molecular flexibility index (Phi) is 3.91. The molecule has 0 unspecified atom stereocenters. The molecule has 16 heavy (non-hydrogen) atoms. The zero-order chi connectivity index (χ0) is 12.6. The second kappa shape index (κ2) is 4.53. The Morgan fingerprint density at radius 1 is 1.50 bits per heavy atom. The molecule has 1 heterocycles. The molecule has 0 radical (unpaired) electrons. The van der Waals surface area contributed by atoms with Gasteiger partial charge in [-0.3, -0.25) is 4.68 Å². The molecule has 0 amide bonds. The molecule has 0 fully saturated rings. The maximum atomic E-state index is 11.9. The second-order valence-corrected chi connectivity index (χ2v) is 6.14. The molecule has 4 nitrogen and oxygen atoms in total. The van der Waals surface area contributed by atoms with Gasteiger partial charge in [-0.25, -0.2) is 8.42 Å². The van der Waals surface area contributed by atoms with E-state index in [0.29, 0.717) is 0 Å². The first-order chi connectivity index (χ1) is 7.09. The van der Waals surface area contributed by atoms with E-state index in [9.17, 15) is 21.6 Å². The molecular formula is C6H5BrClF3N2O2S. The first kappa shape index (κ1) is 13.8. The van der Waals surface area contributed by atoms with Gasteiger partial charge in [0, 0.05) is 23.4 Å². The maximum absolute atomic E-state index is 11.9. The van der Waals surface area contributed by atoms with Crippen molar-refractivity contribution in [3.8, 4) is 0 Å². The summed E-state index contributed by atoms with van der Waals surface area (Å²) in [6.45, 7) is -0.464. The highest BCUT2D eigenvalue weighted by molar-refractivity contribution is 9.10. The van der Waals surface area contributed by atoms with Crippen LogP contribution in [0.2, 0.25) is 0 Å². The third-order valence-electron chi connectivity index (χ3n) is 1.57. The molecule has 0 atom stereocenters. The molecule has 0 bridgehead atoms. The lowest BCUT2D eigenvalue weighted by molar-refractivity contribution is -0.137. The fourth-order valence-corrected chi connectivity index (χ4v) is 2.95. The van der Waals surface area contributed by atoms with Crippen molar-refractivity contribution in [2.45, 2.75) is 24.0 Å². The standard InChI is InChI=1S/C6H5BrClF3N2O2S/c7-5-4(16(8,14)15)3-13(12-5)2-1-6(9,10)11/h3H,1-2H2. The number of hydrogen-bond acceptors (Lipinski definition) is 3. The summed E-state index contributed by atoms with van der Waals surface area (Å²) in [6, 6.07) is 0. The molecule has 0 aromatic carbocycles. The Hall–Kier alpha value is -0.280. The van der Waals surface area contributed by atoms with E-state index >= 15 is 0 Å². The molecule has 0 saturated heterocycles. The van der Waals surface area contributed by atoms with E-state index in [1.807, 2.05) is 0 Å². The van der Waals surface area contributed by atoms with Gasteiger partial charge in [-0.15, -0.1) is 0 Å². The van der Waals surface area contributed by atoms with Crippen LogP contribution < -0.4 is 0 Å². The van der Waals surface area contributed by atoms with Crippen LogP contribution in [0.5, 0.6) is 0 Å². The van der Waals surface area contributed by atoms with Crippen molar-refractivity contribution in [2.75, 3.05) is 0 Å². The van der Waals surface area contributed by atoms with E-state index < -0.39 is 28.2 Å². The SMILES string of the molecule is O=S(=O)(Cl)c1cn(CCC(F)(F)F)nc1Br. The van der Waals surface area contributed by atoms with Gasteiger partial charge in [0.2, 0.25) is 0 Å². The average Bonchev–Trinajstić information content (AvgIpc) is 2.41. The quantitative estimate of drug-likeness (QED) is 0.794. The minimum absolute atomic E-state index is 0.107. The largest absolute Gasteiger partial charge is 0.390 e. The smallest absolute Gasteiger partial charge is 0.270 e. The first-order valence-corrected chi connectivity index (χ1v) is 6.94. The van der Waals surface area contributed by atoms with Crippen LogP contribution >= 0.6 is 26.6 Å². The molecule has 1 rings (SSSR count). The zero-order valence-corrected chi connectivity index (χ0v) is 10.7. The fourth-order valence-electron chi connectivity index (χ4n) is 0.899. The summed E-state index contributed by atoms with van der Waals surface area (Å²) in [5.41, 5.74) is 0. The molecule has 92 valence electrons. The van der Waals surface area contributed by atoms with E-state index in [2.05, 4.69) is 21.0 Å². The van der Waals surface area contributed by atoms with Crippen LogP contribution in [0.1, 0.15) is 6.42 Å². The van der Waals surface area contributed by atoms with Crippen LogP contribution in [0.4, 0.5) is 13.2 Å². The van der Waals surface area contributed by atoms with E-state index in [1.54, 1.807) is 0 Å². The van der Waals surface area contributed by atoms with Gasteiger partial charge in [0.25, 0.3) is 9.05 Å². The molecule has 0 aliphatic rings. The molecule has 0 aliphatic carbocycles. The Morgan fingerprint density at radius 3 is 2.44 bits per heavy atom. The van der Waals surface area contributed by atoms with E-state index in [4.69, 9.17) is 10.7 Å². The van der Waals surface area contributed by atoms with Crippen LogP contribution in [0.25, 0.3) is 0 Å². The Labute approximate surface area is 102 Å². The van der Waals surface area contributed by atoms with Crippen molar-refractivity contribution in [1.82, 2.24) is 9.78 Å². The van der Waals surface area contributed by atoms with Gasteiger partial charge < -0.3 is 0 Å². The van der Waals surface area contributed by atoms with Gasteiger partial charge >= 0.3 is 6.18 Å². The van der Waals surface area contributed by atoms with Crippen molar-refractivity contribution in [1.29, 1.82) is 0 Å². The number of rotatable bonds is 3. The van der Waals surface area contributed by atoms with Crippen molar-refractivity contribution < 1.29 is 21.6 Å². The third kappa shape index (κ3) is 3.95. The van der Waals surface area contributed by atoms with Crippen LogP contribution in [0, 0.1) is 0 Å². The Balaban J connectivity index is 2.87. The maximum Gasteiger partial charge on any atom is 0.390 e. The fraction of sp³-hybridized carbons (Fsp3) is 0.500. The summed E-state index contributed by atoms with van der Waals surface area (Å²) in [7, 11) is 1.03. The highest BCUT2D eigenvalue weighted by Gasteiger charge is 2.27. The van der Waals surface area contributed by atoms with Gasteiger partial charge in [-0.05, 0) is 15.9 Å². The summed E-state index contributed by atoms with van der Waals surface area (Å²) in [5, 5.41) is 3.55. The average molecular weight is 342 g/mol. The van der Waals surface area contributed by atoms with Crippen LogP contribution in [-0.4, -0.2) is 24.4 Å². The van der Waals surface area contributed by atoms with Crippen LogP contribution in [-0.2, 0) is 15.6 Å². The number of nitrogens with zero attached hydrogens (tertiary/aromatic N) is 2. The molecule has 0 saturated carbocycles. The molecule has 0 N–H and O–H groups in total. The molecule has 1 aromatic heterocycles. The lowest BCUT2D eigenvalue weighted by Crippen LogP contribution is -2.12. The van der Waals surface area contributed by atoms with Crippen molar-refractivity contribution >= 4 is 35.7 Å². The second-order valence-electron chi connectivity index (χ2n) is 2.85. The summed E-state index contributed by atoms with van der Waals surface area (Å²) >= 11 is 2.80. The lowest BCUT2D eigenvalue weighted by Gasteiger charge is -2.05. The zero-order valence-electron chi connectivity index (χ0n) is 7.50. The topological polar surface area (TPSA) is 52.0 Å². The molecule has 0 spiro atoms. The molecule has 10 heteroatoms. The van der Waals surface area contributed by atoms with Gasteiger partial charge in [0.1, 0.15) is 9.50 Å². The minimum atomic E-state index is -4.32. The predicted octanol–water partition coefficient (Wildman–Crippen LogP) is 2.53. The van der Waals surface area contributed by atoms with Gasteiger partial charge in [0.05, 0.1) is 6.42 Å². The van der Waals surface area contributed by atoms with E-state index in [0.717, 1.165) is 10.9 Å².